The van der Waals surface area contributed by atoms with Crippen LogP contribution in [0.25, 0.3) is 10.2 Å². The van der Waals surface area contributed by atoms with E-state index in [-0.39, 0.29) is 5.57 Å². The van der Waals surface area contributed by atoms with Gasteiger partial charge in [-0.25, -0.2) is 4.98 Å². The van der Waals surface area contributed by atoms with Gasteiger partial charge in [-0.1, -0.05) is 35.6 Å². The number of aliphatic hydroxyl groups is 1. The summed E-state index contributed by atoms with van der Waals surface area (Å²) in [7, 11) is 3.01. The number of ketones is 1. The smallest absolute Gasteiger partial charge is 0.296 e. The first-order valence-corrected chi connectivity index (χ1v) is 12.5. The van der Waals surface area contributed by atoms with Crippen molar-refractivity contribution in [1.29, 1.82) is 0 Å². The second-order valence-electron chi connectivity index (χ2n) is 8.15. The summed E-state index contributed by atoms with van der Waals surface area (Å²) in [4.78, 5) is 33.7. The lowest BCUT2D eigenvalue weighted by molar-refractivity contribution is -0.117. The van der Waals surface area contributed by atoms with Crippen LogP contribution in [0.4, 0.5) is 5.13 Å². The molecule has 0 aliphatic carbocycles. The molecule has 1 aliphatic rings. The molecule has 2 aromatic heterocycles. The number of carbonyl (C=O) groups excluding carboxylic acids is 2. The number of thiazole rings is 1. The Bertz CT molecular complexity index is 1500. The number of carbonyl (C=O) groups is 2. The second kappa shape index (κ2) is 8.83. The molecule has 35 heavy (non-hydrogen) atoms. The fourth-order valence-corrected chi connectivity index (χ4v) is 6.30. The molecule has 1 amide bonds. The Labute approximate surface area is 209 Å². The van der Waals surface area contributed by atoms with Gasteiger partial charge in [0.1, 0.15) is 6.04 Å². The largest absolute Gasteiger partial charge is 0.503 e. The van der Waals surface area contributed by atoms with E-state index in [9.17, 15) is 14.7 Å². The number of hydrogen-bond donors (Lipinski definition) is 1. The highest BCUT2D eigenvalue weighted by molar-refractivity contribution is 7.22. The first-order chi connectivity index (χ1) is 16.8. The van der Waals surface area contributed by atoms with E-state index in [0.29, 0.717) is 27.1 Å². The lowest BCUT2D eigenvalue weighted by Crippen LogP contribution is -2.31. The highest BCUT2D eigenvalue weighted by Crippen LogP contribution is 2.48. The molecule has 0 fully saturated rings. The minimum absolute atomic E-state index is 0.0174. The zero-order valence-corrected chi connectivity index (χ0v) is 21.1. The van der Waals surface area contributed by atoms with Gasteiger partial charge in [0.05, 0.1) is 34.9 Å². The Morgan fingerprint density at radius 1 is 1.11 bits per heavy atom. The van der Waals surface area contributed by atoms with Gasteiger partial charge in [0.2, 0.25) is 5.78 Å². The topological polar surface area (TPSA) is 89.0 Å². The fourth-order valence-electron chi connectivity index (χ4n) is 4.46. The number of Topliss-reactive ketones (excluding diaryl/α,β-unsaturated/α-hetero) is 1. The van der Waals surface area contributed by atoms with Crippen LogP contribution >= 0.6 is 22.7 Å². The molecule has 0 spiro atoms. The van der Waals surface area contributed by atoms with Crippen LogP contribution in [0, 0.1) is 13.8 Å². The summed E-state index contributed by atoms with van der Waals surface area (Å²) in [5.41, 5.74) is 3.33. The molecular weight excluding hydrogens is 484 g/mol. The van der Waals surface area contributed by atoms with Gasteiger partial charge in [-0.3, -0.25) is 14.5 Å². The predicted molar refractivity (Wildman–Crippen MR) is 137 cm³/mol. The number of benzene rings is 2. The van der Waals surface area contributed by atoms with E-state index in [1.807, 2.05) is 26.0 Å². The van der Waals surface area contributed by atoms with E-state index in [0.717, 1.165) is 21.3 Å². The zero-order valence-electron chi connectivity index (χ0n) is 19.5. The molecule has 0 saturated heterocycles. The molecule has 0 unspecified atom stereocenters. The summed E-state index contributed by atoms with van der Waals surface area (Å²) in [6, 6.07) is 11.8. The van der Waals surface area contributed by atoms with Gasteiger partial charge < -0.3 is 14.6 Å². The number of aliphatic hydroxyl groups excluding tert-OH is 1. The van der Waals surface area contributed by atoms with Crippen molar-refractivity contribution >= 4 is 49.7 Å². The Balaban J connectivity index is 1.75. The summed E-state index contributed by atoms with van der Waals surface area (Å²) in [6.45, 7) is 3.97. The first kappa shape index (κ1) is 23.1. The minimum Gasteiger partial charge on any atom is -0.503 e. The molecule has 5 rings (SSSR count). The number of amides is 1. The van der Waals surface area contributed by atoms with E-state index in [4.69, 9.17) is 14.5 Å². The Morgan fingerprint density at radius 2 is 1.91 bits per heavy atom. The van der Waals surface area contributed by atoms with Gasteiger partial charge in [-0.05, 0) is 48.6 Å². The molecule has 1 N–H and O–H groups in total. The SMILES string of the molecule is COc1cccc([C@@H]2C(C(=O)c3cccs3)=C(O)C(=O)N2c2nc3c(C)cc(C)cc3s2)c1OC. The maximum atomic E-state index is 13.6. The third-order valence-electron chi connectivity index (χ3n) is 5.95. The maximum Gasteiger partial charge on any atom is 0.296 e. The van der Waals surface area contributed by atoms with Crippen molar-refractivity contribution in [2.45, 2.75) is 19.9 Å². The predicted octanol–water partition coefficient (Wildman–Crippen LogP) is 5.77. The number of methoxy groups -OCH3 is 2. The Morgan fingerprint density at radius 3 is 2.60 bits per heavy atom. The number of para-hydroxylation sites is 1. The van der Waals surface area contributed by atoms with Crippen LogP contribution in [-0.2, 0) is 4.79 Å². The number of aromatic nitrogens is 1. The number of aryl methyl sites for hydroxylation is 2. The van der Waals surface area contributed by atoms with Crippen LogP contribution in [0.3, 0.4) is 0 Å². The third kappa shape index (κ3) is 3.67. The average Bonchev–Trinajstić information content (AvgIpc) is 3.57. The molecule has 0 radical (unpaired) electrons. The number of hydrogen-bond acceptors (Lipinski definition) is 8. The Hall–Kier alpha value is -3.69. The standard InChI is InChI=1S/C26H22N2O5S2/c1-13-11-14(2)20-18(12-13)35-26(27-20)28-21(15-7-5-8-16(32-3)24(15)33-4)19(23(30)25(28)31)22(29)17-9-6-10-34-17/h5-12,21,30H,1-4H3/t21-/m1/s1. The molecule has 178 valence electrons. The molecule has 9 heteroatoms. The molecule has 3 heterocycles. The van der Waals surface area contributed by atoms with Gasteiger partial charge in [-0.2, -0.15) is 0 Å². The molecular formula is C26H22N2O5S2. The molecule has 7 nitrogen and oxygen atoms in total. The zero-order chi connectivity index (χ0) is 24.9. The average molecular weight is 507 g/mol. The normalized spacial score (nSPS) is 15.8. The molecule has 0 saturated carbocycles. The molecule has 0 bridgehead atoms. The van der Waals surface area contributed by atoms with Crippen LogP contribution in [0.2, 0.25) is 0 Å². The summed E-state index contributed by atoms with van der Waals surface area (Å²) in [6.07, 6.45) is 0. The summed E-state index contributed by atoms with van der Waals surface area (Å²) < 4.78 is 12.0. The van der Waals surface area contributed by atoms with Crippen LogP contribution in [-0.4, -0.2) is 36.0 Å². The second-order valence-corrected chi connectivity index (χ2v) is 10.1. The monoisotopic (exact) mass is 506 g/mol. The summed E-state index contributed by atoms with van der Waals surface area (Å²) >= 11 is 2.58. The summed E-state index contributed by atoms with van der Waals surface area (Å²) in [5.74, 6) is -0.880. The maximum absolute atomic E-state index is 13.6. The number of rotatable bonds is 6. The Kier molecular flexibility index (Phi) is 5.82. The fraction of sp³-hybridized carbons (Fsp3) is 0.192. The molecule has 4 aromatic rings. The lowest BCUT2D eigenvalue weighted by atomic mass is 9.94. The molecule has 1 atom stereocenters. The van der Waals surface area contributed by atoms with E-state index in [2.05, 4.69) is 0 Å². The third-order valence-corrected chi connectivity index (χ3v) is 7.82. The van der Waals surface area contributed by atoms with Crippen molar-refractivity contribution in [3.8, 4) is 11.5 Å². The number of nitrogens with zero attached hydrogens (tertiary/aromatic N) is 2. The van der Waals surface area contributed by atoms with E-state index in [1.54, 1.807) is 35.7 Å². The lowest BCUT2D eigenvalue weighted by Gasteiger charge is -2.26. The van der Waals surface area contributed by atoms with Crippen molar-refractivity contribution in [2.24, 2.45) is 0 Å². The van der Waals surface area contributed by atoms with Gasteiger partial charge in [0.25, 0.3) is 5.91 Å². The van der Waals surface area contributed by atoms with Crippen LogP contribution in [0.15, 0.2) is 59.2 Å². The summed E-state index contributed by atoms with van der Waals surface area (Å²) in [5, 5.41) is 13.2. The molecule has 2 aromatic carbocycles. The van der Waals surface area contributed by atoms with Crippen molar-refractivity contribution in [3.63, 3.8) is 0 Å². The van der Waals surface area contributed by atoms with Crippen molar-refractivity contribution in [3.05, 3.63) is 80.7 Å². The van der Waals surface area contributed by atoms with E-state index >= 15 is 0 Å². The van der Waals surface area contributed by atoms with Crippen molar-refractivity contribution in [1.82, 2.24) is 4.98 Å². The van der Waals surface area contributed by atoms with Crippen LogP contribution in [0.1, 0.15) is 32.4 Å². The van der Waals surface area contributed by atoms with E-state index in [1.165, 1.54) is 41.8 Å². The highest BCUT2D eigenvalue weighted by Gasteiger charge is 2.47. The minimum atomic E-state index is -0.955. The highest BCUT2D eigenvalue weighted by atomic mass is 32.1. The molecule has 1 aliphatic heterocycles. The van der Waals surface area contributed by atoms with Gasteiger partial charge in [0, 0.05) is 5.56 Å². The van der Waals surface area contributed by atoms with Gasteiger partial charge in [0.15, 0.2) is 22.4 Å². The number of anilines is 1. The van der Waals surface area contributed by atoms with E-state index < -0.39 is 23.5 Å². The quantitative estimate of drug-likeness (QED) is 0.334. The van der Waals surface area contributed by atoms with Gasteiger partial charge in [-0.15, -0.1) is 11.3 Å². The van der Waals surface area contributed by atoms with Crippen LogP contribution in [0.5, 0.6) is 11.5 Å². The van der Waals surface area contributed by atoms with Crippen molar-refractivity contribution < 1.29 is 24.2 Å². The first-order valence-electron chi connectivity index (χ1n) is 10.8. The number of thiophene rings is 1. The number of ether oxygens (including phenoxy) is 2. The number of fused-ring (bicyclic) bond motifs is 1. The van der Waals surface area contributed by atoms with Crippen molar-refractivity contribution in [2.75, 3.05) is 19.1 Å². The van der Waals surface area contributed by atoms with Crippen LogP contribution < -0.4 is 14.4 Å². The van der Waals surface area contributed by atoms with Gasteiger partial charge >= 0.3 is 0 Å².